The minimum absolute atomic E-state index is 0.213. The van der Waals surface area contributed by atoms with Crippen molar-refractivity contribution in [2.75, 3.05) is 18.1 Å². The largest absolute Gasteiger partial charge is 0.369 e. The summed E-state index contributed by atoms with van der Waals surface area (Å²) in [7, 11) is 0. The van der Waals surface area contributed by atoms with Crippen LogP contribution in [0.4, 0.5) is 0 Å². The number of thioether (sulfide) groups is 1. The Morgan fingerprint density at radius 3 is 3.00 bits per heavy atom. The van der Waals surface area contributed by atoms with E-state index < -0.39 is 0 Å². The van der Waals surface area contributed by atoms with Crippen LogP contribution in [0, 0.1) is 6.92 Å². The molecular weight excluding hydrogens is 252 g/mol. The van der Waals surface area contributed by atoms with Crippen molar-refractivity contribution in [2.45, 2.75) is 39.5 Å². The predicted octanol–water partition coefficient (Wildman–Crippen LogP) is 2.75. The second-order valence-corrected chi connectivity index (χ2v) is 6.80. The zero-order chi connectivity index (χ0) is 12.3. The van der Waals surface area contributed by atoms with Crippen LogP contribution in [0.15, 0.2) is 0 Å². The average molecular weight is 272 g/mol. The van der Waals surface area contributed by atoms with Crippen LogP contribution in [0.25, 0.3) is 0 Å². The lowest BCUT2D eigenvalue weighted by Crippen LogP contribution is -2.21. The summed E-state index contributed by atoms with van der Waals surface area (Å²) >= 11 is 3.75. The fourth-order valence-electron chi connectivity index (χ4n) is 1.68. The number of nitrogens with one attached hydrogen (secondary N) is 1. The van der Waals surface area contributed by atoms with Crippen molar-refractivity contribution < 1.29 is 4.74 Å². The smallest absolute Gasteiger partial charge is 0.123 e. The molecule has 0 saturated carbocycles. The van der Waals surface area contributed by atoms with Gasteiger partial charge in [0.15, 0.2) is 0 Å². The number of hydrogen-bond donors (Lipinski definition) is 1. The topological polar surface area (TPSA) is 34.1 Å². The van der Waals surface area contributed by atoms with Gasteiger partial charge in [-0.1, -0.05) is 13.8 Å². The Morgan fingerprint density at radius 2 is 2.35 bits per heavy atom. The lowest BCUT2D eigenvalue weighted by Gasteiger charge is -2.19. The summed E-state index contributed by atoms with van der Waals surface area (Å²) in [5.41, 5.74) is 1.15. The van der Waals surface area contributed by atoms with Gasteiger partial charge in [-0.2, -0.15) is 11.8 Å². The molecule has 5 heteroatoms. The third kappa shape index (κ3) is 3.68. The summed E-state index contributed by atoms with van der Waals surface area (Å²) in [6.45, 7) is 8.19. The van der Waals surface area contributed by atoms with Crippen molar-refractivity contribution in [1.29, 1.82) is 0 Å². The van der Waals surface area contributed by atoms with E-state index in [0.717, 1.165) is 35.4 Å². The predicted molar refractivity (Wildman–Crippen MR) is 74.8 cm³/mol. The Balaban J connectivity index is 2.01. The molecule has 1 unspecified atom stereocenters. The van der Waals surface area contributed by atoms with Crippen LogP contribution < -0.4 is 5.32 Å². The molecule has 0 aliphatic carbocycles. The van der Waals surface area contributed by atoms with Crippen LogP contribution in [0.3, 0.4) is 0 Å². The van der Waals surface area contributed by atoms with Gasteiger partial charge in [0.05, 0.1) is 12.3 Å². The normalized spacial score (nSPS) is 21.1. The molecule has 1 aliphatic rings. The van der Waals surface area contributed by atoms with Gasteiger partial charge in [-0.3, -0.25) is 0 Å². The van der Waals surface area contributed by atoms with Gasteiger partial charge in [0.1, 0.15) is 11.1 Å². The van der Waals surface area contributed by atoms with E-state index in [4.69, 9.17) is 4.74 Å². The van der Waals surface area contributed by atoms with Crippen molar-refractivity contribution in [3.63, 3.8) is 0 Å². The van der Waals surface area contributed by atoms with Crippen LogP contribution in [-0.2, 0) is 11.3 Å². The number of rotatable bonds is 4. The Morgan fingerprint density at radius 1 is 1.53 bits per heavy atom. The molecule has 1 fully saturated rings. The Labute approximate surface area is 111 Å². The molecule has 1 atom stereocenters. The van der Waals surface area contributed by atoms with E-state index in [-0.39, 0.29) is 6.10 Å². The van der Waals surface area contributed by atoms with Crippen molar-refractivity contribution >= 4 is 23.1 Å². The molecule has 1 aromatic heterocycles. The highest BCUT2D eigenvalue weighted by Gasteiger charge is 2.21. The zero-order valence-corrected chi connectivity index (χ0v) is 12.3. The maximum atomic E-state index is 5.76. The van der Waals surface area contributed by atoms with Gasteiger partial charge >= 0.3 is 0 Å². The fourth-order valence-corrected chi connectivity index (χ4v) is 3.70. The molecule has 3 nitrogen and oxygen atoms in total. The van der Waals surface area contributed by atoms with Gasteiger partial charge in [-0.25, -0.2) is 4.98 Å². The molecule has 96 valence electrons. The molecule has 0 spiro atoms. The van der Waals surface area contributed by atoms with E-state index in [1.165, 1.54) is 4.88 Å². The first-order chi connectivity index (χ1) is 8.16. The van der Waals surface area contributed by atoms with Crippen LogP contribution in [0.5, 0.6) is 0 Å². The number of aryl methyl sites for hydroxylation is 1. The average Bonchev–Trinajstić information content (AvgIpc) is 2.69. The first-order valence-corrected chi connectivity index (χ1v) is 8.03. The molecule has 0 amide bonds. The summed E-state index contributed by atoms with van der Waals surface area (Å²) < 4.78 is 5.76. The number of ether oxygens (including phenoxy) is 1. The summed E-state index contributed by atoms with van der Waals surface area (Å²) in [6, 6.07) is 0.515. The Hall–Kier alpha value is -0.100. The van der Waals surface area contributed by atoms with Gasteiger partial charge in [0, 0.05) is 29.0 Å². The van der Waals surface area contributed by atoms with Crippen molar-refractivity contribution in [1.82, 2.24) is 10.3 Å². The van der Waals surface area contributed by atoms with E-state index in [2.05, 4.69) is 31.1 Å². The first-order valence-electron chi connectivity index (χ1n) is 6.05. The maximum absolute atomic E-state index is 5.76. The van der Waals surface area contributed by atoms with Gasteiger partial charge in [-0.15, -0.1) is 11.3 Å². The quantitative estimate of drug-likeness (QED) is 0.914. The van der Waals surface area contributed by atoms with E-state index >= 15 is 0 Å². The lowest BCUT2D eigenvalue weighted by molar-refractivity contribution is 0.0754. The fraction of sp³-hybridized carbons (Fsp3) is 0.750. The molecule has 1 aromatic rings. The third-order valence-electron chi connectivity index (χ3n) is 2.67. The van der Waals surface area contributed by atoms with Gasteiger partial charge < -0.3 is 10.1 Å². The van der Waals surface area contributed by atoms with E-state index in [9.17, 15) is 0 Å². The molecule has 1 aliphatic heterocycles. The lowest BCUT2D eigenvalue weighted by atomic mass is 10.3. The highest BCUT2D eigenvalue weighted by atomic mass is 32.2. The summed E-state index contributed by atoms with van der Waals surface area (Å²) in [5.74, 6) is 2.16. The summed E-state index contributed by atoms with van der Waals surface area (Å²) in [5, 5.41) is 4.59. The minimum atomic E-state index is 0.213. The molecule has 1 N–H and O–H groups in total. The molecule has 0 bridgehead atoms. The Bertz CT molecular complexity index is 359. The summed E-state index contributed by atoms with van der Waals surface area (Å²) in [6.07, 6.45) is 0.213. The van der Waals surface area contributed by atoms with E-state index in [1.807, 2.05) is 11.8 Å². The Kier molecular flexibility index (Phi) is 4.85. The molecule has 0 radical (unpaired) electrons. The second-order valence-electron chi connectivity index (χ2n) is 4.53. The van der Waals surface area contributed by atoms with Gasteiger partial charge in [0.2, 0.25) is 0 Å². The highest BCUT2D eigenvalue weighted by Crippen LogP contribution is 2.31. The maximum Gasteiger partial charge on any atom is 0.123 e. The number of aromatic nitrogens is 1. The standard InChI is InChI=1S/C12H20N2OS2/c1-8(2)13-6-11-9(3)14-12(17-11)10-7-16-5-4-15-10/h8,10,13H,4-7H2,1-3H3. The van der Waals surface area contributed by atoms with Crippen LogP contribution >= 0.6 is 23.1 Å². The molecule has 1 saturated heterocycles. The van der Waals surface area contributed by atoms with Crippen molar-refractivity contribution in [2.24, 2.45) is 0 Å². The van der Waals surface area contributed by atoms with E-state index in [0.29, 0.717) is 6.04 Å². The van der Waals surface area contributed by atoms with Crippen molar-refractivity contribution in [3.05, 3.63) is 15.6 Å². The highest BCUT2D eigenvalue weighted by molar-refractivity contribution is 7.99. The molecule has 2 rings (SSSR count). The monoisotopic (exact) mass is 272 g/mol. The number of nitrogens with zero attached hydrogens (tertiary/aromatic N) is 1. The molecule has 17 heavy (non-hydrogen) atoms. The minimum Gasteiger partial charge on any atom is -0.369 e. The van der Waals surface area contributed by atoms with Crippen molar-refractivity contribution in [3.8, 4) is 0 Å². The molecule has 2 heterocycles. The van der Waals surface area contributed by atoms with Crippen LogP contribution in [-0.4, -0.2) is 29.1 Å². The zero-order valence-electron chi connectivity index (χ0n) is 10.7. The van der Waals surface area contributed by atoms with Crippen LogP contribution in [0.1, 0.15) is 35.5 Å². The second kappa shape index (κ2) is 6.18. The van der Waals surface area contributed by atoms with Gasteiger partial charge in [-0.05, 0) is 6.92 Å². The molecular formula is C12H20N2OS2. The third-order valence-corrected chi connectivity index (χ3v) is 4.91. The molecule has 0 aromatic carbocycles. The van der Waals surface area contributed by atoms with E-state index in [1.54, 1.807) is 11.3 Å². The van der Waals surface area contributed by atoms with Crippen LogP contribution in [0.2, 0.25) is 0 Å². The summed E-state index contributed by atoms with van der Waals surface area (Å²) in [4.78, 5) is 5.99. The number of hydrogen-bond acceptors (Lipinski definition) is 5. The first kappa shape index (κ1) is 13.3. The SMILES string of the molecule is Cc1nc(C2CSCCO2)sc1CNC(C)C. The van der Waals surface area contributed by atoms with Gasteiger partial charge in [0.25, 0.3) is 0 Å². The number of thiazole rings is 1.